The van der Waals surface area contributed by atoms with E-state index in [-0.39, 0.29) is 29.9 Å². The first-order valence-electron chi connectivity index (χ1n) is 12.5. The Bertz CT molecular complexity index is 1170. The van der Waals surface area contributed by atoms with Gasteiger partial charge in [0.1, 0.15) is 0 Å². The average Bonchev–Trinajstić information content (AvgIpc) is 3.40. The van der Waals surface area contributed by atoms with E-state index in [1.165, 1.54) is 17.0 Å². The van der Waals surface area contributed by atoms with Crippen LogP contribution in [-0.4, -0.2) is 85.4 Å². The SMILES string of the molecule is CN(C)C(=O)CNc1cccc(S(=O)(=O)N(C[C@@H](O)[C@H](Cc2ccccc2)NC(=O)O)OC2CCCC2)c1. The zero-order chi connectivity index (χ0) is 27.7. The number of rotatable bonds is 13. The van der Waals surface area contributed by atoms with Gasteiger partial charge in [-0.05, 0) is 43.0 Å². The Morgan fingerprint density at radius 3 is 2.39 bits per heavy atom. The summed E-state index contributed by atoms with van der Waals surface area (Å²) in [7, 11) is -1.01. The first-order valence-corrected chi connectivity index (χ1v) is 14.0. The first-order chi connectivity index (χ1) is 18.1. The number of amides is 2. The first kappa shape index (κ1) is 29.4. The van der Waals surface area contributed by atoms with E-state index in [2.05, 4.69) is 10.6 Å². The third-order valence-corrected chi connectivity index (χ3v) is 7.94. The van der Waals surface area contributed by atoms with Gasteiger partial charge in [-0.2, -0.15) is 0 Å². The standard InChI is InChI=1S/C26H36N4O7S/c1-29(2)25(32)17-27-20-11-8-14-22(16-20)38(35,36)30(37-21-12-6-7-13-21)18-24(31)23(28-26(33)34)15-19-9-4-3-5-10-19/h3-5,8-11,14,16,21,23-24,27-28,31H,6-7,12-13,15,17-18H2,1-2H3,(H,33,34)/t23-,24+/m0/s1. The fourth-order valence-electron chi connectivity index (χ4n) is 4.17. The molecule has 2 aromatic rings. The van der Waals surface area contributed by atoms with Gasteiger partial charge in [-0.25, -0.2) is 13.2 Å². The highest BCUT2D eigenvalue weighted by molar-refractivity contribution is 7.89. The molecular weight excluding hydrogens is 512 g/mol. The van der Waals surface area contributed by atoms with Gasteiger partial charge in [0, 0.05) is 19.8 Å². The quantitative estimate of drug-likeness (QED) is 0.279. The molecule has 0 aliphatic heterocycles. The van der Waals surface area contributed by atoms with Crippen molar-refractivity contribution in [3.05, 3.63) is 60.2 Å². The van der Waals surface area contributed by atoms with E-state index in [0.29, 0.717) is 18.5 Å². The van der Waals surface area contributed by atoms with E-state index in [9.17, 15) is 28.2 Å². The molecule has 1 saturated carbocycles. The van der Waals surface area contributed by atoms with E-state index in [1.807, 2.05) is 6.07 Å². The molecule has 1 aliphatic carbocycles. The lowest BCUT2D eigenvalue weighted by Gasteiger charge is -2.30. The minimum atomic E-state index is -4.26. The van der Waals surface area contributed by atoms with Crippen LogP contribution in [0.4, 0.5) is 10.5 Å². The number of sulfonamides is 1. The molecule has 3 rings (SSSR count). The van der Waals surface area contributed by atoms with Crippen LogP contribution in [0.2, 0.25) is 0 Å². The Balaban J connectivity index is 1.84. The summed E-state index contributed by atoms with van der Waals surface area (Å²) in [6, 6.07) is 14.0. The van der Waals surface area contributed by atoms with E-state index < -0.39 is 34.8 Å². The molecule has 0 bridgehead atoms. The molecule has 1 fully saturated rings. The smallest absolute Gasteiger partial charge is 0.404 e. The predicted molar refractivity (Wildman–Crippen MR) is 142 cm³/mol. The van der Waals surface area contributed by atoms with Crippen LogP contribution < -0.4 is 10.6 Å². The maximum Gasteiger partial charge on any atom is 0.404 e. The van der Waals surface area contributed by atoms with Gasteiger partial charge >= 0.3 is 6.09 Å². The predicted octanol–water partition coefficient (Wildman–Crippen LogP) is 2.29. The fourth-order valence-corrected chi connectivity index (χ4v) is 5.51. The molecular formula is C26H36N4O7S. The number of hydrogen-bond acceptors (Lipinski definition) is 7. The van der Waals surface area contributed by atoms with Gasteiger partial charge in [0.25, 0.3) is 10.0 Å². The molecule has 12 heteroatoms. The molecule has 2 amide bonds. The molecule has 0 unspecified atom stereocenters. The summed E-state index contributed by atoms with van der Waals surface area (Å²) < 4.78 is 28.2. The summed E-state index contributed by atoms with van der Waals surface area (Å²) in [5.41, 5.74) is 1.21. The minimum Gasteiger partial charge on any atom is -0.465 e. The van der Waals surface area contributed by atoms with Crippen molar-refractivity contribution in [1.29, 1.82) is 0 Å². The third kappa shape index (κ3) is 8.42. The van der Waals surface area contributed by atoms with Crippen LogP contribution in [0.1, 0.15) is 31.2 Å². The number of nitrogens with one attached hydrogen (secondary N) is 2. The Morgan fingerprint density at radius 2 is 1.76 bits per heavy atom. The summed E-state index contributed by atoms with van der Waals surface area (Å²) >= 11 is 0. The average molecular weight is 549 g/mol. The number of nitrogens with zero attached hydrogens (tertiary/aromatic N) is 2. The zero-order valence-corrected chi connectivity index (χ0v) is 22.4. The van der Waals surface area contributed by atoms with Gasteiger partial charge in [-0.15, -0.1) is 0 Å². The van der Waals surface area contributed by atoms with Crippen molar-refractivity contribution < 1.29 is 33.1 Å². The van der Waals surface area contributed by atoms with Crippen molar-refractivity contribution in [3.63, 3.8) is 0 Å². The molecule has 0 heterocycles. The number of anilines is 1. The van der Waals surface area contributed by atoms with Crippen LogP contribution in [-0.2, 0) is 26.1 Å². The van der Waals surface area contributed by atoms with Crippen molar-refractivity contribution in [1.82, 2.24) is 14.7 Å². The van der Waals surface area contributed by atoms with Crippen molar-refractivity contribution >= 4 is 27.7 Å². The van der Waals surface area contributed by atoms with Crippen molar-refractivity contribution in [2.24, 2.45) is 0 Å². The monoisotopic (exact) mass is 548 g/mol. The summed E-state index contributed by atoms with van der Waals surface area (Å²) in [5.74, 6) is -0.178. The number of carboxylic acid groups (broad SMARTS) is 1. The molecule has 38 heavy (non-hydrogen) atoms. The second-order valence-electron chi connectivity index (χ2n) is 9.48. The lowest BCUT2D eigenvalue weighted by Crippen LogP contribution is -2.50. The number of hydroxylamine groups is 1. The van der Waals surface area contributed by atoms with E-state index in [4.69, 9.17) is 4.84 Å². The number of carbonyl (C=O) groups is 2. The molecule has 11 nitrogen and oxygen atoms in total. The summed E-state index contributed by atoms with van der Waals surface area (Å²) in [4.78, 5) is 30.6. The number of likely N-dealkylation sites (N-methyl/N-ethyl adjacent to an activating group) is 1. The lowest BCUT2D eigenvalue weighted by molar-refractivity contribution is -0.145. The maximum atomic E-state index is 13.7. The van der Waals surface area contributed by atoms with E-state index in [0.717, 1.165) is 22.9 Å². The number of carbonyl (C=O) groups excluding carboxylic acids is 1. The van der Waals surface area contributed by atoms with E-state index in [1.54, 1.807) is 50.5 Å². The van der Waals surface area contributed by atoms with Crippen molar-refractivity contribution in [3.8, 4) is 0 Å². The Morgan fingerprint density at radius 1 is 1.08 bits per heavy atom. The number of aliphatic hydroxyl groups is 1. The Hall–Kier alpha value is -3.19. The van der Waals surface area contributed by atoms with Gasteiger partial charge in [-0.1, -0.05) is 53.7 Å². The zero-order valence-electron chi connectivity index (χ0n) is 21.6. The van der Waals surface area contributed by atoms with Gasteiger partial charge < -0.3 is 25.7 Å². The topological polar surface area (TPSA) is 149 Å². The third-order valence-electron chi connectivity index (χ3n) is 6.32. The highest BCUT2D eigenvalue weighted by Gasteiger charge is 2.34. The van der Waals surface area contributed by atoms with Crippen LogP contribution in [0, 0.1) is 0 Å². The van der Waals surface area contributed by atoms with Gasteiger partial charge in [0.2, 0.25) is 5.91 Å². The molecule has 4 N–H and O–H groups in total. The van der Waals surface area contributed by atoms with Crippen LogP contribution >= 0.6 is 0 Å². The normalized spacial score (nSPS) is 15.7. The van der Waals surface area contributed by atoms with Crippen molar-refractivity contribution in [2.75, 3.05) is 32.5 Å². The molecule has 2 aromatic carbocycles. The molecule has 0 spiro atoms. The van der Waals surface area contributed by atoms with Crippen LogP contribution in [0.3, 0.4) is 0 Å². The highest BCUT2D eigenvalue weighted by Crippen LogP contribution is 2.27. The maximum absolute atomic E-state index is 13.7. The second-order valence-corrected chi connectivity index (χ2v) is 11.3. The Kier molecular flexibility index (Phi) is 10.5. The highest BCUT2D eigenvalue weighted by atomic mass is 32.2. The van der Waals surface area contributed by atoms with Crippen molar-refractivity contribution in [2.45, 2.75) is 55.2 Å². The molecule has 0 saturated heterocycles. The lowest BCUT2D eigenvalue weighted by atomic mass is 10.0. The Labute approximate surface area is 223 Å². The second kappa shape index (κ2) is 13.6. The largest absolute Gasteiger partial charge is 0.465 e. The van der Waals surface area contributed by atoms with Crippen LogP contribution in [0.25, 0.3) is 0 Å². The minimum absolute atomic E-state index is 0.0144. The number of hydrogen-bond donors (Lipinski definition) is 4. The van der Waals surface area contributed by atoms with Gasteiger partial charge in [0.15, 0.2) is 0 Å². The molecule has 208 valence electrons. The van der Waals surface area contributed by atoms with E-state index >= 15 is 0 Å². The number of benzene rings is 2. The summed E-state index contributed by atoms with van der Waals surface area (Å²) in [6.45, 7) is -0.493. The van der Waals surface area contributed by atoms with Gasteiger partial charge in [0.05, 0.1) is 36.2 Å². The summed E-state index contributed by atoms with van der Waals surface area (Å²) in [5, 5.41) is 25.6. The summed E-state index contributed by atoms with van der Waals surface area (Å²) in [6.07, 6.45) is 0.244. The molecule has 0 aromatic heterocycles. The fraction of sp³-hybridized carbons (Fsp3) is 0.462. The van der Waals surface area contributed by atoms with Gasteiger partial charge in [-0.3, -0.25) is 9.63 Å². The molecule has 1 aliphatic rings. The van der Waals surface area contributed by atoms with Crippen LogP contribution in [0.5, 0.6) is 0 Å². The van der Waals surface area contributed by atoms with Crippen LogP contribution in [0.15, 0.2) is 59.5 Å². The number of aliphatic hydroxyl groups excluding tert-OH is 1. The molecule has 0 radical (unpaired) electrons. The molecule has 2 atom stereocenters.